The van der Waals surface area contributed by atoms with Gasteiger partial charge in [0.25, 0.3) is 0 Å². The molecule has 214 valence electrons. The second kappa shape index (κ2) is 15.6. The summed E-state index contributed by atoms with van der Waals surface area (Å²) < 4.78 is 24.0. The molecular formula is C25H38N8O6. The summed E-state index contributed by atoms with van der Waals surface area (Å²) in [6.45, 7) is 8.28. The van der Waals surface area contributed by atoms with Gasteiger partial charge in [-0.1, -0.05) is 12.1 Å². The highest BCUT2D eigenvalue weighted by molar-refractivity contribution is 5.77. The number of aryl methyl sites for hydroxylation is 1. The van der Waals surface area contributed by atoms with E-state index in [1.807, 2.05) is 40.7 Å². The fourth-order valence-electron chi connectivity index (χ4n) is 4.14. The van der Waals surface area contributed by atoms with Gasteiger partial charge < -0.3 is 38.7 Å². The molecule has 3 N–H and O–H groups in total. The second-order valence-corrected chi connectivity index (χ2v) is 8.74. The van der Waals surface area contributed by atoms with Crippen molar-refractivity contribution in [3.05, 3.63) is 30.1 Å². The molecule has 39 heavy (non-hydrogen) atoms. The zero-order chi connectivity index (χ0) is 27.3. The molecule has 0 bridgehead atoms. The van der Waals surface area contributed by atoms with Crippen molar-refractivity contribution in [3.63, 3.8) is 0 Å². The van der Waals surface area contributed by atoms with Crippen LogP contribution in [0, 0.1) is 6.92 Å². The van der Waals surface area contributed by atoms with Crippen LogP contribution in [0.2, 0.25) is 0 Å². The maximum absolute atomic E-state index is 9.79. The van der Waals surface area contributed by atoms with Gasteiger partial charge in [0.15, 0.2) is 0 Å². The molecule has 0 radical (unpaired) electrons. The molecule has 3 heterocycles. The highest BCUT2D eigenvalue weighted by Crippen LogP contribution is 2.23. The number of aliphatic hydroxyl groups excluding tert-OH is 1. The van der Waals surface area contributed by atoms with E-state index in [2.05, 4.69) is 14.7 Å². The van der Waals surface area contributed by atoms with Crippen LogP contribution in [-0.2, 0) is 23.8 Å². The number of aliphatic hydroxyl groups is 1. The third-order valence-corrected chi connectivity index (χ3v) is 6.07. The number of nitrogens with zero attached hydrogens (tertiary/aromatic N) is 7. The lowest BCUT2D eigenvalue weighted by Gasteiger charge is -2.28. The Kier molecular flexibility index (Phi) is 11.6. The van der Waals surface area contributed by atoms with Crippen LogP contribution in [0.1, 0.15) is 5.82 Å². The molecule has 4 rings (SSSR count). The highest BCUT2D eigenvalue weighted by atomic mass is 16.6. The van der Waals surface area contributed by atoms with Crippen LogP contribution < -0.4 is 15.7 Å². The maximum atomic E-state index is 9.79. The van der Waals surface area contributed by atoms with Gasteiger partial charge in [0.2, 0.25) is 17.8 Å². The van der Waals surface area contributed by atoms with Crippen LogP contribution in [-0.4, -0.2) is 122 Å². The van der Waals surface area contributed by atoms with Crippen LogP contribution in [0.15, 0.2) is 24.3 Å². The number of benzene rings is 1. The molecule has 0 spiro atoms. The van der Waals surface area contributed by atoms with Gasteiger partial charge in [-0.2, -0.15) is 15.0 Å². The molecule has 1 aliphatic rings. The Morgan fingerprint density at radius 1 is 0.872 bits per heavy atom. The summed E-state index contributed by atoms with van der Waals surface area (Å²) in [5.41, 5.74) is 1.78. The van der Waals surface area contributed by atoms with Crippen LogP contribution in [0.25, 0.3) is 17.0 Å². The smallest absolute Gasteiger partial charge is 0.242 e. The Bertz CT molecular complexity index is 1140. The minimum absolute atomic E-state index is 0.0563. The van der Waals surface area contributed by atoms with Crippen molar-refractivity contribution in [2.24, 2.45) is 5.90 Å². The maximum Gasteiger partial charge on any atom is 0.242 e. The SMILES string of the molecule is Cc1nc2ccccc2n1-c1nc(N(CCO)CCOCCOCCOCCON)nc(N2CCOCC2)n1. The predicted molar refractivity (Wildman–Crippen MR) is 144 cm³/mol. The Labute approximate surface area is 227 Å². The summed E-state index contributed by atoms with van der Waals surface area (Å²) in [5, 5.41) is 9.79. The van der Waals surface area contributed by atoms with Crippen molar-refractivity contribution >= 4 is 22.9 Å². The number of rotatable bonds is 17. The molecule has 0 saturated carbocycles. The number of anilines is 2. The van der Waals surface area contributed by atoms with Gasteiger partial charge in [0.1, 0.15) is 5.82 Å². The molecule has 0 aliphatic carbocycles. The van der Waals surface area contributed by atoms with Crippen molar-refractivity contribution < 1.29 is 28.9 Å². The van der Waals surface area contributed by atoms with E-state index in [-0.39, 0.29) is 6.61 Å². The van der Waals surface area contributed by atoms with E-state index in [9.17, 15) is 5.11 Å². The van der Waals surface area contributed by atoms with Crippen molar-refractivity contribution in [3.8, 4) is 5.95 Å². The summed E-state index contributed by atoms with van der Waals surface area (Å²) in [4.78, 5) is 27.5. The monoisotopic (exact) mass is 546 g/mol. The number of aromatic nitrogens is 5. The summed E-state index contributed by atoms with van der Waals surface area (Å²) in [6.07, 6.45) is 0. The molecule has 3 aromatic rings. The first-order valence-electron chi connectivity index (χ1n) is 13.1. The Morgan fingerprint density at radius 2 is 1.54 bits per heavy atom. The number of hydrogen-bond donors (Lipinski definition) is 2. The largest absolute Gasteiger partial charge is 0.395 e. The third-order valence-electron chi connectivity index (χ3n) is 6.07. The molecule has 0 atom stereocenters. The van der Waals surface area contributed by atoms with Crippen LogP contribution in [0.5, 0.6) is 0 Å². The van der Waals surface area contributed by atoms with Crippen LogP contribution >= 0.6 is 0 Å². The highest BCUT2D eigenvalue weighted by Gasteiger charge is 2.21. The van der Waals surface area contributed by atoms with Gasteiger partial charge >= 0.3 is 0 Å². The number of fused-ring (bicyclic) bond motifs is 1. The van der Waals surface area contributed by atoms with Crippen molar-refractivity contribution in [2.75, 3.05) is 102 Å². The van der Waals surface area contributed by atoms with Crippen molar-refractivity contribution in [1.82, 2.24) is 24.5 Å². The number of para-hydroxylation sites is 2. The lowest BCUT2D eigenvalue weighted by Crippen LogP contribution is -2.39. The second-order valence-electron chi connectivity index (χ2n) is 8.74. The van der Waals surface area contributed by atoms with Gasteiger partial charge in [0, 0.05) is 26.2 Å². The van der Waals surface area contributed by atoms with E-state index in [0.29, 0.717) is 103 Å². The van der Waals surface area contributed by atoms with Gasteiger partial charge in [-0.15, -0.1) is 0 Å². The lowest BCUT2D eigenvalue weighted by molar-refractivity contribution is -0.00136. The topological polar surface area (TPSA) is 155 Å². The normalized spacial score (nSPS) is 13.9. The summed E-state index contributed by atoms with van der Waals surface area (Å²) in [6, 6.07) is 7.88. The first-order valence-corrected chi connectivity index (χ1v) is 13.1. The molecule has 1 fully saturated rings. The molecular weight excluding hydrogens is 508 g/mol. The average Bonchev–Trinajstić information content (AvgIpc) is 3.31. The standard InChI is InChI=1S/C25H38N8O6/c1-20-27-21-4-2-3-5-22(21)33(20)25-29-23(28-24(30-25)32-8-11-35-12-9-32)31(6-10-34)7-13-36-14-15-37-16-17-38-18-19-39-26/h2-5,34H,6-19,26H2,1H3. The molecule has 14 nitrogen and oxygen atoms in total. The Balaban J connectivity index is 1.44. The summed E-state index contributed by atoms with van der Waals surface area (Å²) in [5.74, 6) is 7.22. The van der Waals surface area contributed by atoms with Gasteiger partial charge in [-0.05, 0) is 19.1 Å². The van der Waals surface area contributed by atoms with Gasteiger partial charge in [-0.3, -0.25) is 4.57 Å². The molecule has 0 amide bonds. The zero-order valence-corrected chi connectivity index (χ0v) is 22.4. The van der Waals surface area contributed by atoms with Crippen LogP contribution in [0.3, 0.4) is 0 Å². The quantitative estimate of drug-likeness (QED) is 0.174. The fraction of sp³-hybridized carbons (Fsp3) is 0.600. The number of nitrogens with two attached hydrogens (primary N) is 1. The van der Waals surface area contributed by atoms with Gasteiger partial charge in [-0.25, -0.2) is 10.9 Å². The molecule has 0 unspecified atom stereocenters. The number of hydrogen-bond acceptors (Lipinski definition) is 13. The number of ether oxygens (including phenoxy) is 4. The molecule has 1 aliphatic heterocycles. The predicted octanol–water partition coefficient (Wildman–Crippen LogP) is 0.0943. The van der Waals surface area contributed by atoms with E-state index in [1.165, 1.54) is 0 Å². The van der Waals surface area contributed by atoms with Crippen LogP contribution in [0.4, 0.5) is 11.9 Å². The lowest BCUT2D eigenvalue weighted by atomic mass is 10.3. The minimum Gasteiger partial charge on any atom is -0.395 e. The average molecular weight is 547 g/mol. The first kappa shape index (κ1) is 29.0. The van der Waals surface area contributed by atoms with E-state index >= 15 is 0 Å². The number of imidazole rings is 1. The molecule has 1 saturated heterocycles. The molecule has 14 heteroatoms. The van der Waals surface area contributed by atoms with E-state index in [4.69, 9.17) is 39.8 Å². The molecule has 1 aromatic carbocycles. The zero-order valence-electron chi connectivity index (χ0n) is 22.4. The van der Waals surface area contributed by atoms with E-state index in [1.54, 1.807) is 0 Å². The minimum atomic E-state index is -0.0563. The van der Waals surface area contributed by atoms with E-state index in [0.717, 1.165) is 16.9 Å². The Morgan fingerprint density at radius 3 is 2.26 bits per heavy atom. The van der Waals surface area contributed by atoms with Crippen molar-refractivity contribution in [2.45, 2.75) is 6.92 Å². The number of morpholine rings is 1. The molecule has 2 aromatic heterocycles. The Hall–Kier alpha value is -2.98. The first-order chi connectivity index (χ1) is 19.2. The van der Waals surface area contributed by atoms with Gasteiger partial charge in [0.05, 0.1) is 77.1 Å². The summed E-state index contributed by atoms with van der Waals surface area (Å²) >= 11 is 0. The third kappa shape index (κ3) is 8.25. The summed E-state index contributed by atoms with van der Waals surface area (Å²) in [7, 11) is 0. The van der Waals surface area contributed by atoms with Crippen molar-refractivity contribution in [1.29, 1.82) is 0 Å². The fourth-order valence-corrected chi connectivity index (χ4v) is 4.14. The van der Waals surface area contributed by atoms with E-state index < -0.39 is 0 Å².